The van der Waals surface area contributed by atoms with Crippen LogP contribution < -0.4 is 0 Å². The van der Waals surface area contributed by atoms with Crippen LogP contribution in [0.1, 0.15) is 36.8 Å². The minimum absolute atomic E-state index is 0.00335. The van der Waals surface area contributed by atoms with Crippen LogP contribution in [0.15, 0.2) is 6.20 Å². The van der Waals surface area contributed by atoms with Crippen molar-refractivity contribution < 1.29 is 23.0 Å². The number of aromatic nitrogens is 1. The molecule has 2 unspecified atom stereocenters. The molecule has 0 radical (unpaired) electrons. The number of halogens is 3. The highest BCUT2D eigenvalue weighted by molar-refractivity contribution is 7.11. The van der Waals surface area contributed by atoms with Gasteiger partial charge in [0.25, 0.3) is 0 Å². The van der Waals surface area contributed by atoms with Gasteiger partial charge < -0.3 is 9.84 Å². The van der Waals surface area contributed by atoms with Crippen LogP contribution in [-0.4, -0.2) is 22.8 Å². The Bertz CT molecular complexity index is 379. The molecular formula is C11H16F3NO2S. The highest BCUT2D eigenvalue weighted by Gasteiger charge is 2.36. The van der Waals surface area contributed by atoms with E-state index in [-0.39, 0.29) is 10.8 Å². The molecule has 0 aliphatic heterocycles. The summed E-state index contributed by atoms with van der Waals surface area (Å²) in [5, 5.41) is 9.09. The van der Waals surface area contributed by atoms with Crippen LogP contribution in [0.25, 0.3) is 0 Å². The molecular weight excluding hydrogens is 267 g/mol. The molecule has 0 saturated heterocycles. The Morgan fingerprint density at radius 2 is 2.06 bits per heavy atom. The summed E-state index contributed by atoms with van der Waals surface area (Å²) in [6.45, 7) is 5.85. The van der Waals surface area contributed by atoms with E-state index in [9.17, 15) is 18.3 Å². The summed E-state index contributed by atoms with van der Waals surface area (Å²) < 4.78 is 42.6. The number of ether oxygens (including phenoxy) is 1. The van der Waals surface area contributed by atoms with Gasteiger partial charge in [-0.15, -0.1) is 11.3 Å². The van der Waals surface area contributed by atoms with Crippen LogP contribution in [-0.2, 0) is 10.9 Å². The molecule has 3 nitrogen and oxygen atoms in total. The number of nitrogens with zero attached hydrogens (tertiary/aromatic N) is 1. The van der Waals surface area contributed by atoms with Gasteiger partial charge in [-0.1, -0.05) is 13.8 Å². The normalized spacial score (nSPS) is 16.0. The molecule has 0 spiro atoms. The first-order valence-corrected chi connectivity index (χ1v) is 6.41. The van der Waals surface area contributed by atoms with E-state index < -0.39 is 23.4 Å². The first kappa shape index (κ1) is 15.4. The summed E-state index contributed by atoms with van der Waals surface area (Å²) >= 11 is 0.453. The van der Waals surface area contributed by atoms with Crippen LogP contribution in [0.5, 0.6) is 0 Å². The maximum atomic E-state index is 12.4. The van der Waals surface area contributed by atoms with Gasteiger partial charge in [-0.3, -0.25) is 0 Å². The van der Waals surface area contributed by atoms with Crippen molar-refractivity contribution in [1.82, 2.24) is 4.98 Å². The number of hydrogen-bond donors (Lipinski definition) is 1. The van der Waals surface area contributed by atoms with Gasteiger partial charge in [-0.25, -0.2) is 4.98 Å². The SMILES string of the molecule is CCOC(C(C)C)C(O)c1cnc(C(F)(F)F)s1. The molecule has 0 saturated carbocycles. The second-order valence-corrected chi connectivity index (χ2v) is 5.24. The van der Waals surface area contributed by atoms with Crippen LogP contribution in [0.3, 0.4) is 0 Å². The van der Waals surface area contributed by atoms with Crippen molar-refractivity contribution in [2.24, 2.45) is 5.92 Å². The molecule has 1 aromatic rings. The minimum Gasteiger partial charge on any atom is -0.385 e. The lowest BCUT2D eigenvalue weighted by Gasteiger charge is -2.25. The van der Waals surface area contributed by atoms with Crippen molar-refractivity contribution >= 4 is 11.3 Å². The van der Waals surface area contributed by atoms with Gasteiger partial charge >= 0.3 is 6.18 Å². The molecule has 1 rings (SSSR count). The smallest absolute Gasteiger partial charge is 0.385 e. The highest BCUT2D eigenvalue weighted by atomic mass is 32.1. The first-order valence-electron chi connectivity index (χ1n) is 5.60. The average molecular weight is 283 g/mol. The predicted octanol–water partition coefficient (Wildman–Crippen LogP) is 3.26. The fourth-order valence-electron chi connectivity index (χ4n) is 1.56. The molecule has 2 atom stereocenters. The number of rotatable bonds is 5. The third-order valence-electron chi connectivity index (χ3n) is 2.38. The van der Waals surface area contributed by atoms with Crippen LogP contribution in [0, 0.1) is 5.92 Å². The number of alkyl halides is 3. The van der Waals surface area contributed by atoms with Gasteiger partial charge in [0, 0.05) is 12.8 Å². The van der Waals surface area contributed by atoms with Crippen molar-refractivity contribution in [2.45, 2.75) is 39.2 Å². The lowest BCUT2D eigenvalue weighted by molar-refractivity contribution is -0.137. The van der Waals surface area contributed by atoms with E-state index in [4.69, 9.17) is 4.74 Å². The van der Waals surface area contributed by atoms with Crippen LogP contribution >= 0.6 is 11.3 Å². The number of hydrogen-bond acceptors (Lipinski definition) is 4. The van der Waals surface area contributed by atoms with Crippen molar-refractivity contribution in [3.8, 4) is 0 Å². The first-order chi connectivity index (χ1) is 8.27. The van der Waals surface area contributed by atoms with E-state index in [1.54, 1.807) is 6.92 Å². The maximum absolute atomic E-state index is 12.4. The van der Waals surface area contributed by atoms with E-state index in [0.29, 0.717) is 17.9 Å². The van der Waals surface area contributed by atoms with Gasteiger partial charge in [0.15, 0.2) is 5.01 Å². The monoisotopic (exact) mass is 283 g/mol. The molecule has 0 fully saturated rings. The van der Waals surface area contributed by atoms with E-state index in [1.807, 2.05) is 13.8 Å². The quantitative estimate of drug-likeness (QED) is 0.902. The molecule has 7 heteroatoms. The minimum atomic E-state index is -4.47. The van der Waals surface area contributed by atoms with Gasteiger partial charge in [0.2, 0.25) is 0 Å². The number of thiazole rings is 1. The average Bonchev–Trinajstić information content (AvgIpc) is 2.73. The number of aliphatic hydroxyl groups is 1. The zero-order valence-electron chi connectivity index (χ0n) is 10.4. The number of aliphatic hydroxyl groups excluding tert-OH is 1. The van der Waals surface area contributed by atoms with Crippen molar-refractivity contribution in [2.75, 3.05) is 6.61 Å². The summed E-state index contributed by atoms with van der Waals surface area (Å²) in [5.41, 5.74) is 0. The zero-order valence-corrected chi connectivity index (χ0v) is 11.2. The fourth-order valence-corrected chi connectivity index (χ4v) is 2.36. The standard InChI is InChI=1S/C11H16F3NO2S/c1-4-17-9(6(2)3)8(16)7-5-15-10(18-7)11(12,13)14/h5-6,8-9,16H,4H2,1-3H3. The van der Waals surface area contributed by atoms with Crippen molar-refractivity contribution in [3.63, 3.8) is 0 Å². The zero-order chi connectivity index (χ0) is 13.9. The lowest BCUT2D eigenvalue weighted by Crippen LogP contribution is -2.27. The third kappa shape index (κ3) is 3.66. The molecule has 0 aliphatic rings. The van der Waals surface area contributed by atoms with Crippen LogP contribution in [0.2, 0.25) is 0 Å². The molecule has 0 bridgehead atoms. The molecule has 18 heavy (non-hydrogen) atoms. The molecule has 0 aliphatic carbocycles. The summed E-state index contributed by atoms with van der Waals surface area (Å²) in [6, 6.07) is 0. The van der Waals surface area contributed by atoms with E-state index in [2.05, 4.69) is 4.98 Å². The third-order valence-corrected chi connectivity index (χ3v) is 3.50. The van der Waals surface area contributed by atoms with E-state index in [1.165, 1.54) is 0 Å². The van der Waals surface area contributed by atoms with Crippen molar-refractivity contribution in [3.05, 3.63) is 16.1 Å². The molecule has 1 N–H and O–H groups in total. The Morgan fingerprint density at radius 3 is 2.44 bits per heavy atom. The Kier molecular flexibility index (Phi) is 5.12. The molecule has 0 aromatic carbocycles. The van der Waals surface area contributed by atoms with Gasteiger partial charge in [-0.05, 0) is 12.8 Å². The van der Waals surface area contributed by atoms with Crippen molar-refractivity contribution in [1.29, 1.82) is 0 Å². The molecule has 1 aromatic heterocycles. The lowest BCUT2D eigenvalue weighted by atomic mass is 10.0. The predicted molar refractivity (Wildman–Crippen MR) is 62.3 cm³/mol. The summed E-state index contributed by atoms with van der Waals surface area (Å²) in [4.78, 5) is 3.46. The van der Waals surface area contributed by atoms with Gasteiger partial charge in [-0.2, -0.15) is 13.2 Å². The fraction of sp³-hybridized carbons (Fsp3) is 0.727. The van der Waals surface area contributed by atoms with Crippen LogP contribution in [0.4, 0.5) is 13.2 Å². The summed E-state index contributed by atoms with van der Waals surface area (Å²) in [5.74, 6) is -0.00335. The van der Waals surface area contributed by atoms with Gasteiger partial charge in [0.1, 0.15) is 6.10 Å². The molecule has 104 valence electrons. The molecule has 0 amide bonds. The Balaban J connectivity index is 2.88. The van der Waals surface area contributed by atoms with E-state index in [0.717, 1.165) is 6.20 Å². The second kappa shape index (κ2) is 5.99. The Labute approximate surface area is 108 Å². The maximum Gasteiger partial charge on any atom is 0.443 e. The second-order valence-electron chi connectivity index (χ2n) is 4.17. The Hall–Kier alpha value is -0.660. The summed E-state index contributed by atoms with van der Waals surface area (Å²) in [7, 11) is 0. The summed E-state index contributed by atoms with van der Waals surface area (Å²) in [6.07, 6.45) is -5.02. The Morgan fingerprint density at radius 1 is 1.44 bits per heavy atom. The van der Waals surface area contributed by atoms with E-state index >= 15 is 0 Å². The highest BCUT2D eigenvalue weighted by Crippen LogP contribution is 2.36. The van der Waals surface area contributed by atoms with Gasteiger partial charge in [0.05, 0.1) is 11.0 Å². The topological polar surface area (TPSA) is 42.4 Å². The molecule has 1 heterocycles. The largest absolute Gasteiger partial charge is 0.443 e.